The van der Waals surface area contributed by atoms with E-state index in [1.54, 1.807) is 0 Å². The van der Waals surface area contributed by atoms with E-state index in [1.165, 1.54) is 15.8 Å². The van der Waals surface area contributed by atoms with Gasteiger partial charge < -0.3 is 5.73 Å². The molecule has 1 atom stereocenters. The van der Waals surface area contributed by atoms with E-state index in [2.05, 4.69) is 41.1 Å². The second-order valence-electron chi connectivity index (χ2n) is 3.59. The molecule has 15 heavy (non-hydrogen) atoms. The molecular formula is C12H18BrNS. The number of halogens is 1. The summed E-state index contributed by atoms with van der Waals surface area (Å²) in [7, 11) is 0. The maximum absolute atomic E-state index is 5.86. The second kappa shape index (κ2) is 7.31. The van der Waals surface area contributed by atoms with E-state index in [0.29, 0.717) is 6.04 Å². The van der Waals surface area contributed by atoms with Gasteiger partial charge in [0.05, 0.1) is 0 Å². The fourth-order valence-corrected chi connectivity index (χ4v) is 2.83. The van der Waals surface area contributed by atoms with Gasteiger partial charge in [0.2, 0.25) is 0 Å². The summed E-state index contributed by atoms with van der Waals surface area (Å²) in [6.07, 6.45) is 3.41. The van der Waals surface area contributed by atoms with Crippen LogP contribution in [-0.2, 0) is 0 Å². The molecule has 0 aliphatic rings. The zero-order valence-electron chi connectivity index (χ0n) is 9.08. The van der Waals surface area contributed by atoms with E-state index >= 15 is 0 Å². The fraction of sp³-hybridized carbons (Fsp3) is 0.500. The van der Waals surface area contributed by atoms with Gasteiger partial charge in [0.25, 0.3) is 0 Å². The first-order valence-electron chi connectivity index (χ1n) is 5.37. The zero-order valence-corrected chi connectivity index (χ0v) is 11.5. The van der Waals surface area contributed by atoms with E-state index in [4.69, 9.17) is 5.73 Å². The highest BCUT2D eigenvalue weighted by atomic mass is 79.9. The Morgan fingerprint density at radius 1 is 1.40 bits per heavy atom. The molecular weight excluding hydrogens is 270 g/mol. The van der Waals surface area contributed by atoms with Crippen LogP contribution in [0.3, 0.4) is 0 Å². The van der Waals surface area contributed by atoms with Crippen LogP contribution in [0.4, 0.5) is 0 Å². The van der Waals surface area contributed by atoms with Gasteiger partial charge in [-0.15, -0.1) is 11.8 Å². The van der Waals surface area contributed by atoms with E-state index in [-0.39, 0.29) is 0 Å². The average molecular weight is 288 g/mol. The highest BCUT2D eigenvalue weighted by molar-refractivity contribution is 9.10. The highest BCUT2D eigenvalue weighted by Gasteiger charge is 2.01. The molecule has 0 bridgehead atoms. The molecule has 1 nitrogen and oxygen atoms in total. The van der Waals surface area contributed by atoms with Crippen molar-refractivity contribution in [3.05, 3.63) is 28.7 Å². The van der Waals surface area contributed by atoms with E-state index in [0.717, 1.165) is 18.6 Å². The number of nitrogens with two attached hydrogens (primary N) is 1. The lowest BCUT2D eigenvalue weighted by atomic mass is 10.1. The lowest BCUT2D eigenvalue weighted by molar-refractivity contribution is 0.589. The first-order valence-corrected chi connectivity index (χ1v) is 7.14. The van der Waals surface area contributed by atoms with Crippen molar-refractivity contribution in [3.8, 4) is 0 Å². The average Bonchev–Trinajstić information content (AvgIpc) is 2.26. The molecule has 0 spiro atoms. The Morgan fingerprint density at radius 2 is 2.13 bits per heavy atom. The molecule has 1 aromatic rings. The molecule has 0 radical (unpaired) electrons. The quantitative estimate of drug-likeness (QED) is 0.631. The summed E-state index contributed by atoms with van der Waals surface area (Å²) in [5.74, 6) is 1.15. The molecule has 0 heterocycles. The van der Waals surface area contributed by atoms with E-state index in [1.807, 2.05) is 17.8 Å². The van der Waals surface area contributed by atoms with Crippen molar-refractivity contribution in [1.82, 2.24) is 0 Å². The third-order valence-corrected chi connectivity index (χ3v) is 4.45. The molecule has 0 saturated heterocycles. The van der Waals surface area contributed by atoms with Gasteiger partial charge in [-0.2, -0.15) is 0 Å². The third kappa shape index (κ3) is 5.05. The van der Waals surface area contributed by atoms with Crippen LogP contribution in [0.1, 0.15) is 26.2 Å². The van der Waals surface area contributed by atoms with Gasteiger partial charge in [0.1, 0.15) is 0 Å². The first-order chi connectivity index (χ1) is 7.24. The summed E-state index contributed by atoms with van der Waals surface area (Å²) in [5, 5.41) is 0. The molecule has 1 aromatic carbocycles. The van der Waals surface area contributed by atoms with Crippen LogP contribution in [0.5, 0.6) is 0 Å². The largest absolute Gasteiger partial charge is 0.328 e. The standard InChI is InChI=1S/C12H18BrNS/c1-2-10(14)6-5-9-15-12-8-4-3-7-11(12)13/h3-4,7-8,10H,2,5-6,9,14H2,1H3. The van der Waals surface area contributed by atoms with Gasteiger partial charge in [-0.05, 0) is 53.1 Å². The minimum atomic E-state index is 0.379. The van der Waals surface area contributed by atoms with Crippen LogP contribution >= 0.6 is 27.7 Å². The molecule has 2 N–H and O–H groups in total. The van der Waals surface area contributed by atoms with Crippen molar-refractivity contribution in [2.45, 2.75) is 37.1 Å². The van der Waals surface area contributed by atoms with Crippen molar-refractivity contribution in [2.24, 2.45) is 5.73 Å². The first kappa shape index (κ1) is 13.1. The minimum absolute atomic E-state index is 0.379. The van der Waals surface area contributed by atoms with Crippen molar-refractivity contribution >= 4 is 27.7 Å². The SMILES string of the molecule is CCC(N)CCCSc1ccccc1Br. The summed E-state index contributed by atoms with van der Waals surface area (Å²) in [4.78, 5) is 1.32. The molecule has 0 aliphatic heterocycles. The molecule has 0 aromatic heterocycles. The maximum Gasteiger partial charge on any atom is 0.0311 e. The Bertz CT molecular complexity index is 291. The molecule has 1 unspecified atom stereocenters. The second-order valence-corrected chi connectivity index (χ2v) is 5.58. The summed E-state index contributed by atoms with van der Waals surface area (Å²) >= 11 is 5.44. The van der Waals surface area contributed by atoms with Crippen molar-refractivity contribution in [2.75, 3.05) is 5.75 Å². The van der Waals surface area contributed by atoms with Crippen LogP contribution in [0.2, 0.25) is 0 Å². The molecule has 0 aliphatic carbocycles. The van der Waals surface area contributed by atoms with E-state index < -0.39 is 0 Å². The van der Waals surface area contributed by atoms with Crippen LogP contribution < -0.4 is 5.73 Å². The van der Waals surface area contributed by atoms with Gasteiger partial charge in [0.15, 0.2) is 0 Å². The highest BCUT2D eigenvalue weighted by Crippen LogP contribution is 2.27. The Hall–Kier alpha value is 0.01000. The summed E-state index contributed by atoms with van der Waals surface area (Å²) in [6.45, 7) is 2.14. The lowest BCUT2D eigenvalue weighted by Crippen LogP contribution is -2.18. The zero-order chi connectivity index (χ0) is 11.1. The number of thioether (sulfide) groups is 1. The Labute approximate surface area is 105 Å². The van der Waals surface area contributed by atoms with Gasteiger partial charge in [-0.1, -0.05) is 19.1 Å². The molecule has 1 rings (SSSR count). The minimum Gasteiger partial charge on any atom is -0.328 e. The topological polar surface area (TPSA) is 26.0 Å². The van der Waals surface area contributed by atoms with Crippen LogP contribution in [-0.4, -0.2) is 11.8 Å². The predicted molar refractivity (Wildman–Crippen MR) is 72.4 cm³/mol. The van der Waals surface area contributed by atoms with Crippen LogP contribution in [0, 0.1) is 0 Å². The van der Waals surface area contributed by atoms with Crippen molar-refractivity contribution in [3.63, 3.8) is 0 Å². The molecule has 84 valence electrons. The number of hydrogen-bond acceptors (Lipinski definition) is 2. The van der Waals surface area contributed by atoms with Crippen LogP contribution in [0.25, 0.3) is 0 Å². The predicted octanol–water partition coefficient (Wildman–Crippen LogP) is 4.06. The van der Waals surface area contributed by atoms with Gasteiger partial charge in [-0.25, -0.2) is 0 Å². The molecule has 0 fully saturated rings. The van der Waals surface area contributed by atoms with Crippen molar-refractivity contribution in [1.29, 1.82) is 0 Å². The van der Waals surface area contributed by atoms with E-state index in [9.17, 15) is 0 Å². The fourth-order valence-electron chi connectivity index (χ4n) is 1.29. The Balaban J connectivity index is 2.23. The van der Waals surface area contributed by atoms with Gasteiger partial charge in [-0.3, -0.25) is 0 Å². The maximum atomic E-state index is 5.86. The van der Waals surface area contributed by atoms with Gasteiger partial charge in [0, 0.05) is 15.4 Å². The third-order valence-electron chi connectivity index (χ3n) is 2.34. The summed E-state index contributed by atoms with van der Waals surface area (Å²) < 4.78 is 1.19. The number of rotatable bonds is 6. The number of benzene rings is 1. The smallest absolute Gasteiger partial charge is 0.0311 e. The number of hydrogen-bond donors (Lipinski definition) is 1. The molecule has 0 amide bonds. The molecule has 3 heteroatoms. The lowest BCUT2D eigenvalue weighted by Gasteiger charge is -2.08. The normalized spacial score (nSPS) is 12.7. The Kier molecular flexibility index (Phi) is 6.37. The monoisotopic (exact) mass is 287 g/mol. The summed E-state index contributed by atoms with van der Waals surface area (Å²) in [5.41, 5.74) is 5.86. The van der Waals surface area contributed by atoms with Crippen molar-refractivity contribution < 1.29 is 0 Å². The summed E-state index contributed by atoms with van der Waals surface area (Å²) in [6, 6.07) is 8.73. The molecule has 0 saturated carbocycles. The van der Waals surface area contributed by atoms with Crippen LogP contribution in [0.15, 0.2) is 33.6 Å². The van der Waals surface area contributed by atoms with Gasteiger partial charge >= 0.3 is 0 Å². The Morgan fingerprint density at radius 3 is 2.80 bits per heavy atom.